The van der Waals surface area contributed by atoms with E-state index in [0.29, 0.717) is 12.0 Å². The third-order valence-corrected chi connectivity index (χ3v) is 6.68. The standard InChI is InChI=1S/C23H30N2O7S/c1-12(26)18-16-9-15(13-7-14(33-10-13)8-17(27)24(5)6)19(25(16)20(18)28)21(29)31-11-32-22(30)23(2,3)4/h7,10,12,16,18,26H,8-9,11H2,1-6H3/t12-,16-,18-/m1/s1. The van der Waals surface area contributed by atoms with Crippen molar-refractivity contribution in [1.29, 1.82) is 0 Å². The van der Waals surface area contributed by atoms with Crippen molar-refractivity contribution in [3.63, 3.8) is 0 Å². The van der Waals surface area contributed by atoms with Gasteiger partial charge in [-0.05, 0) is 56.7 Å². The van der Waals surface area contributed by atoms with Crippen LogP contribution >= 0.6 is 11.3 Å². The van der Waals surface area contributed by atoms with Gasteiger partial charge in [-0.25, -0.2) is 4.79 Å². The highest BCUT2D eigenvalue weighted by Gasteiger charge is 2.57. The summed E-state index contributed by atoms with van der Waals surface area (Å²) in [5.41, 5.74) is 0.691. The Labute approximate surface area is 196 Å². The first-order chi connectivity index (χ1) is 15.3. The number of hydrogen-bond donors (Lipinski definition) is 1. The topological polar surface area (TPSA) is 113 Å². The Morgan fingerprint density at radius 3 is 2.52 bits per heavy atom. The quantitative estimate of drug-likeness (QED) is 0.361. The van der Waals surface area contributed by atoms with Crippen LogP contribution in [0.2, 0.25) is 0 Å². The molecule has 9 nitrogen and oxygen atoms in total. The fourth-order valence-electron chi connectivity index (χ4n) is 3.88. The Morgan fingerprint density at radius 1 is 1.27 bits per heavy atom. The number of aliphatic hydroxyl groups excluding tert-OH is 1. The second-order valence-corrected chi connectivity index (χ2v) is 10.6. The molecule has 10 heteroatoms. The van der Waals surface area contributed by atoms with Gasteiger partial charge in [-0.2, -0.15) is 0 Å². The number of hydrogen-bond acceptors (Lipinski definition) is 8. The monoisotopic (exact) mass is 478 g/mol. The van der Waals surface area contributed by atoms with Crippen LogP contribution in [-0.4, -0.2) is 71.7 Å². The number of ether oxygens (including phenoxy) is 2. The van der Waals surface area contributed by atoms with Crippen molar-refractivity contribution in [2.24, 2.45) is 11.3 Å². The Kier molecular flexibility index (Phi) is 6.99. The Morgan fingerprint density at radius 2 is 1.94 bits per heavy atom. The van der Waals surface area contributed by atoms with Crippen molar-refractivity contribution >= 4 is 40.7 Å². The summed E-state index contributed by atoms with van der Waals surface area (Å²) in [6.45, 7) is 6.04. The van der Waals surface area contributed by atoms with Gasteiger partial charge >= 0.3 is 11.9 Å². The van der Waals surface area contributed by atoms with Crippen LogP contribution in [0.3, 0.4) is 0 Å². The van der Waals surface area contributed by atoms with E-state index in [0.717, 1.165) is 10.4 Å². The van der Waals surface area contributed by atoms with Gasteiger partial charge in [-0.3, -0.25) is 14.4 Å². The molecule has 0 aromatic carbocycles. The fraction of sp³-hybridized carbons (Fsp3) is 0.565. The maximum Gasteiger partial charge on any atom is 0.358 e. The molecule has 3 atom stereocenters. The second kappa shape index (κ2) is 9.26. The van der Waals surface area contributed by atoms with Crippen LogP contribution in [0.15, 0.2) is 17.1 Å². The molecule has 2 aliphatic heterocycles. The molecule has 0 aliphatic carbocycles. The molecule has 1 N–H and O–H groups in total. The number of rotatable bonds is 7. The van der Waals surface area contributed by atoms with Crippen molar-refractivity contribution in [3.05, 3.63) is 27.6 Å². The van der Waals surface area contributed by atoms with Crippen molar-refractivity contribution in [2.75, 3.05) is 20.9 Å². The smallest absolute Gasteiger partial charge is 0.358 e. The summed E-state index contributed by atoms with van der Waals surface area (Å²) in [5, 5.41) is 11.9. The van der Waals surface area contributed by atoms with Crippen molar-refractivity contribution in [2.45, 2.75) is 52.7 Å². The van der Waals surface area contributed by atoms with E-state index < -0.39 is 36.2 Å². The average molecular weight is 479 g/mol. The third kappa shape index (κ3) is 4.96. The molecule has 0 unspecified atom stereocenters. The van der Waals surface area contributed by atoms with Gasteiger partial charge in [0.25, 0.3) is 0 Å². The zero-order chi connectivity index (χ0) is 24.7. The summed E-state index contributed by atoms with van der Waals surface area (Å²) in [5.74, 6) is -2.28. The van der Waals surface area contributed by atoms with E-state index in [4.69, 9.17) is 9.47 Å². The number of esters is 2. The zero-order valence-corrected chi connectivity index (χ0v) is 20.5. The highest BCUT2D eigenvalue weighted by molar-refractivity contribution is 7.10. The molecule has 1 fully saturated rings. The maximum atomic E-state index is 13.0. The lowest BCUT2D eigenvalue weighted by atomic mass is 9.82. The van der Waals surface area contributed by atoms with Crippen LogP contribution in [0.4, 0.5) is 0 Å². The molecule has 1 saturated heterocycles. The number of thiophene rings is 1. The van der Waals surface area contributed by atoms with E-state index in [-0.39, 0.29) is 30.0 Å². The number of fused-ring (bicyclic) bond motifs is 1. The number of carbonyl (C=O) groups excluding carboxylic acids is 4. The maximum absolute atomic E-state index is 13.0. The minimum atomic E-state index is -0.848. The van der Waals surface area contributed by atoms with Gasteiger partial charge in [-0.1, -0.05) is 0 Å². The highest BCUT2D eigenvalue weighted by Crippen LogP contribution is 2.47. The van der Waals surface area contributed by atoms with Crippen LogP contribution in [0.5, 0.6) is 0 Å². The second-order valence-electron chi connectivity index (χ2n) is 9.57. The molecular weight excluding hydrogens is 448 g/mol. The molecular formula is C23H30N2O7S. The summed E-state index contributed by atoms with van der Waals surface area (Å²) in [7, 11) is 3.37. The zero-order valence-electron chi connectivity index (χ0n) is 19.7. The SMILES string of the molecule is C[C@@H](O)[C@H]1C(=O)N2C(C(=O)OCOC(=O)C(C)(C)C)=C(c3csc(CC(=O)N(C)C)c3)C[C@H]12. The molecule has 0 bridgehead atoms. The molecule has 0 saturated carbocycles. The Bertz CT molecular complexity index is 1000. The molecule has 0 radical (unpaired) electrons. The van der Waals surface area contributed by atoms with E-state index in [1.165, 1.54) is 21.1 Å². The molecule has 33 heavy (non-hydrogen) atoms. The van der Waals surface area contributed by atoms with E-state index >= 15 is 0 Å². The molecule has 0 spiro atoms. The first-order valence-electron chi connectivity index (χ1n) is 10.7. The van der Waals surface area contributed by atoms with Crippen molar-refractivity contribution < 1.29 is 33.8 Å². The van der Waals surface area contributed by atoms with Gasteiger partial charge in [0.05, 0.1) is 29.9 Å². The predicted octanol–water partition coefficient (Wildman–Crippen LogP) is 1.79. The van der Waals surface area contributed by atoms with Gasteiger partial charge in [0.15, 0.2) is 0 Å². The minimum absolute atomic E-state index is 0.0442. The fourth-order valence-corrected chi connectivity index (χ4v) is 4.77. The lowest BCUT2D eigenvalue weighted by molar-refractivity contribution is -0.175. The highest BCUT2D eigenvalue weighted by atomic mass is 32.1. The summed E-state index contributed by atoms with van der Waals surface area (Å²) < 4.78 is 10.2. The van der Waals surface area contributed by atoms with Gasteiger partial charge in [0, 0.05) is 19.0 Å². The third-order valence-electron chi connectivity index (χ3n) is 5.74. The first kappa shape index (κ1) is 24.9. The normalized spacial score (nSPS) is 20.8. The minimum Gasteiger partial charge on any atom is -0.427 e. The van der Waals surface area contributed by atoms with E-state index in [9.17, 15) is 24.3 Å². The number of likely N-dealkylation sites (N-methyl/N-ethyl adjacent to an activating group) is 1. The average Bonchev–Trinajstić information content (AvgIpc) is 3.28. The summed E-state index contributed by atoms with van der Waals surface area (Å²) in [6.07, 6.45) is -0.236. The van der Waals surface area contributed by atoms with E-state index in [1.54, 1.807) is 41.8 Å². The van der Waals surface area contributed by atoms with Crippen LogP contribution in [0, 0.1) is 11.3 Å². The molecule has 3 heterocycles. The number of amides is 2. The van der Waals surface area contributed by atoms with E-state index in [2.05, 4.69) is 0 Å². The molecule has 3 rings (SSSR count). The van der Waals surface area contributed by atoms with Crippen LogP contribution < -0.4 is 0 Å². The molecule has 1 aromatic heterocycles. The molecule has 180 valence electrons. The van der Waals surface area contributed by atoms with Crippen LogP contribution in [0.1, 0.15) is 44.6 Å². The van der Waals surface area contributed by atoms with Crippen LogP contribution in [-0.2, 0) is 35.1 Å². The predicted molar refractivity (Wildman–Crippen MR) is 121 cm³/mol. The van der Waals surface area contributed by atoms with Crippen molar-refractivity contribution in [1.82, 2.24) is 9.80 Å². The summed E-state index contributed by atoms with van der Waals surface area (Å²) in [4.78, 5) is 53.4. The molecule has 2 amide bonds. The summed E-state index contributed by atoms with van der Waals surface area (Å²) in [6, 6.07) is 1.49. The van der Waals surface area contributed by atoms with Gasteiger partial charge in [0.2, 0.25) is 18.6 Å². The van der Waals surface area contributed by atoms with E-state index in [1.807, 2.05) is 11.4 Å². The number of nitrogens with zero attached hydrogens (tertiary/aromatic N) is 2. The van der Waals surface area contributed by atoms with Crippen molar-refractivity contribution in [3.8, 4) is 0 Å². The molecule has 2 aliphatic rings. The lowest BCUT2D eigenvalue weighted by Gasteiger charge is -2.44. The van der Waals surface area contributed by atoms with Gasteiger partial charge in [0.1, 0.15) is 5.70 Å². The largest absolute Gasteiger partial charge is 0.427 e. The molecule has 1 aromatic rings. The lowest BCUT2D eigenvalue weighted by Crippen LogP contribution is -2.61. The first-order valence-corrected chi connectivity index (χ1v) is 11.6. The Hall–Kier alpha value is -2.72. The number of β-lactam (4-membered cyclic amide) rings is 1. The summed E-state index contributed by atoms with van der Waals surface area (Å²) >= 11 is 1.40. The Balaban J connectivity index is 1.84. The number of carbonyl (C=O) groups is 4. The van der Waals surface area contributed by atoms with Gasteiger partial charge < -0.3 is 24.4 Å². The van der Waals surface area contributed by atoms with Crippen LogP contribution in [0.25, 0.3) is 5.57 Å². The number of aliphatic hydroxyl groups is 1. The van der Waals surface area contributed by atoms with Gasteiger partial charge in [-0.15, -0.1) is 11.3 Å².